The number of esters is 1. The monoisotopic (exact) mass is 482 g/mol. The second-order valence-electron chi connectivity index (χ2n) is 7.26. The summed E-state index contributed by atoms with van der Waals surface area (Å²) in [7, 11) is 1.15. The van der Waals surface area contributed by atoms with Gasteiger partial charge in [-0.25, -0.2) is 19.0 Å². The number of rotatable bonds is 3. The van der Waals surface area contributed by atoms with Crippen molar-refractivity contribution >= 4 is 45.1 Å². The lowest BCUT2D eigenvalue weighted by Crippen LogP contribution is -2.50. The Labute approximate surface area is 189 Å². The third-order valence-electron chi connectivity index (χ3n) is 5.21. The number of hydrogen-bond donors (Lipinski definition) is 1. The Morgan fingerprint density at radius 1 is 1.12 bits per heavy atom. The number of halogens is 4. The fraction of sp³-hybridized carbons (Fsp3) is 0.286. The van der Waals surface area contributed by atoms with Gasteiger partial charge < -0.3 is 19.9 Å². The molecule has 0 aliphatic carbocycles. The number of nitrogens with zero attached hydrogens (tertiary/aromatic N) is 3. The molecular formula is C21H18F4N4O3S. The fourth-order valence-electron chi connectivity index (χ4n) is 3.50. The first-order chi connectivity index (χ1) is 15.7. The molecule has 0 spiro atoms. The molecule has 1 aromatic carbocycles. The molecule has 33 heavy (non-hydrogen) atoms. The summed E-state index contributed by atoms with van der Waals surface area (Å²) in [4.78, 5) is 31.9. The number of hydrogen-bond acceptors (Lipinski definition) is 6. The van der Waals surface area contributed by atoms with Crippen molar-refractivity contribution in [2.75, 3.05) is 43.5 Å². The second kappa shape index (κ2) is 8.85. The molecule has 3 aromatic rings. The van der Waals surface area contributed by atoms with E-state index in [1.165, 1.54) is 34.5 Å². The molecule has 1 saturated heterocycles. The molecule has 2 amide bonds. The van der Waals surface area contributed by atoms with Crippen LogP contribution in [0, 0.1) is 5.82 Å². The van der Waals surface area contributed by atoms with E-state index in [4.69, 9.17) is 0 Å². The largest absolute Gasteiger partial charge is 0.465 e. The molecule has 7 nitrogen and oxygen atoms in total. The number of aromatic nitrogens is 1. The van der Waals surface area contributed by atoms with Crippen molar-refractivity contribution < 1.29 is 31.9 Å². The molecule has 12 heteroatoms. The third-order valence-corrected chi connectivity index (χ3v) is 6.21. The van der Waals surface area contributed by atoms with E-state index < -0.39 is 29.6 Å². The van der Waals surface area contributed by atoms with Crippen molar-refractivity contribution in [2.45, 2.75) is 6.18 Å². The van der Waals surface area contributed by atoms with Crippen LogP contribution in [0.15, 0.2) is 35.7 Å². The van der Waals surface area contributed by atoms with Crippen molar-refractivity contribution in [1.29, 1.82) is 0 Å². The summed E-state index contributed by atoms with van der Waals surface area (Å²) in [6.45, 7) is 0.956. The van der Waals surface area contributed by atoms with Gasteiger partial charge in [0.1, 0.15) is 11.6 Å². The van der Waals surface area contributed by atoms with Gasteiger partial charge in [-0.3, -0.25) is 0 Å². The maximum atomic E-state index is 13.7. The molecular weight excluding hydrogens is 464 g/mol. The van der Waals surface area contributed by atoms with Crippen LogP contribution in [-0.4, -0.2) is 55.2 Å². The first kappa shape index (κ1) is 22.8. The predicted molar refractivity (Wildman–Crippen MR) is 115 cm³/mol. The number of fused-ring (bicyclic) bond motifs is 1. The van der Waals surface area contributed by atoms with Gasteiger partial charge >= 0.3 is 18.2 Å². The number of thiophene rings is 1. The number of methoxy groups -OCH3 is 1. The van der Waals surface area contributed by atoms with Gasteiger partial charge in [0.2, 0.25) is 0 Å². The van der Waals surface area contributed by atoms with E-state index in [-0.39, 0.29) is 47.8 Å². The lowest BCUT2D eigenvalue weighted by Gasteiger charge is -2.35. The highest BCUT2D eigenvalue weighted by atomic mass is 32.1. The minimum absolute atomic E-state index is 0.0258. The van der Waals surface area contributed by atoms with E-state index in [0.29, 0.717) is 5.69 Å². The number of anilines is 2. The molecule has 0 bridgehead atoms. The molecule has 1 aliphatic heterocycles. The Morgan fingerprint density at radius 3 is 2.39 bits per heavy atom. The molecule has 1 fully saturated rings. The van der Waals surface area contributed by atoms with Crippen molar-refractivity contribution in [2.24, 2.45) is 0 Å². The maximum Gasteiger partial charge on any atom is 0.417 e. The number of piperazine rings is 1. The third kappa shape index (κ3) is 4.70. The summed E-state index contributed by atoms with van der Waals surface area (Å²) >= 11 is 0.786. The van der Waals surface area contributed by atoms with Crippen LogP contribution in [0.4, 0.5) is 33.9 Å². The van der Waals surface area contributed by atoms with E-state index >= 15 is 0 Å². The van der Waals surface area contributed by atoms with Gasteiger partial charge in [-0.05, 0) is 30.3 Å². The number of urea groups is 1. The predicted octanol–water partition coefficient (Wildman–Crippen LogP) is 4.59. The molecule has 4 rings (SSSR count). The van der Waals surface area contributed by atoms with Gasteiger partial charge in [0.05, 0.1) is 28.5 Å². The maximum absolute atomic E-state index is 13.7. The zero-order chi connectivity index (χ0) is 23.8. The van der Waals surface area contributed by atoms with E-state index in [2.05, 4.69) is 15.0 Å². The normalized spacial score (nSPS) is 14.5. The van der Waals surface area contributed by atoms with Gasteiger partial charge in [-0.1, -0.05) is 0 Å². The first-order valence-corrected chi connectivity index (χ1v) is 10.7. The van der Waals surface area contributed by atoms with E-state index in [1.807, 2.05) is 0 Å². The molecule has 1 N–H and O–H groups in total. The Kier molecular flexibility index (Phi) is 6.11. The zero-order valence-corrected chi connectivity index (χ0v) is 18.1. The number of pyridine rings is 1. The number of alkyl halides is 3. The number of carbonyl (C=O) groups excluding carboxylic acids is 2. The van der Waals surface area contributed by atoms with Gasteiger partial charge in [0, 0.05) is 37.2 Å². The average Bonchev–Trinajstić information content (AvgIpc) is 3.22. The highest BCUT2D eigenvalue weighted by Gasteiger charge is 2.36. The van der Waals surface area contributed by atoms with Gasteiger partial charge in [0.15, 0.2) is 0 Å². The van der Waals surface area contributed by atoms with Crippen LogP contribution in [0.5, 0.6) is 0 Å². The van der Waals surface area contributed by atoms with E-state index in [0.717, 1.165) is 24.5 Å². The topological polar surface area (TPSA) is 74.8 Å². The van der Waals surface area contributed by atoms with Gasteiger partial charge in [-0.2, -0.15) is 13.2 Å². The first-order valence-electron chi connectivity index (χ1n) is 9.81. The Bertz CT molecular complexity index is 1190. The van der Waals surface area contributed by atoms with Crippen LogP contribution in [0.1, 0.15) is 15.9 Å². The quantitative estimate of drug-likeness (QED) is 0.437. The van der Waals surface area contributed by atoms with Crippen LogP contribution < -0.4 is 10.2 Å². The zero-order valence-electron chi connectivity index (χ0n) is 17.3. The molecule has 1 aliphatic rings. The van der Waals surface area contributed by atoms with Crippen LogP contribution in [0.2, 0.25) is 0 Å². The van der Waals surface area contributed by atoms with Crippen molar-refractivity contribution in [1.82, 2.24) is 9.88 Å². The summed E-state index contributed by atoms with van der Waals surface area (Å²) in [5, 5.41) is 3.96. The highest BCUT2D eigenvalue weighted by molar-refractivity contribution is 7.17. The minimum Gasteiger partial charge on any atom is -0.465 e. The van der Waals surface area contributed by atoms with Crippen molar-refractivity contribution in [3.63, 3.8) is 0 Å². The second-order valence-corrected chi connectivity index (χ2v) is 8.14. The van der Waals surface area contributed by atoms with Gasteiger partial charge in [0.25, 0.3) is 0 Å². The number of ether oxygens (including phenoxy) is 1. The molecule has 0 atom stereocenters. The molecule has 0 saturated carbocycles. The molecule has 3 heterocycles. The SMILES string of the molecule is COC(=O)c1csc2c(C(F)(F)F)cc(N3CCN(C(=O)Nc4ccc(F)cc4)CC3)nc12. The summed E-state index contributed by atoms with van der Waals surface area (Å²) in [5.41, 5.74) is -0.534. The number of carbonyl (C=O) groups is 2. The van der Waals surface area contributed by atoms with Gasteiger partial charge in [-0.15, -0.1) is 11.3 Å². The molecule has 0 radical (unpaired) electrons. The lowest BCUT2D eigenvalue weighted by atomic mass is 10.1. The van der Waals surface area contributed by atoms with Crippen LogP contribution >= 0.6 is 11.3 Å². The smallest absolute Gasteiger partial charge is 0.417 e. The molecule has 174 valence electrons. The Balaban J connectivity index is 1.54. The molecule has 0 unspecified atom stereocenters. The number of amides is 2. The Hall–Kier alpha value is -3.41. The minimum atomic E-state index is -4.63. The average molecular weight is 482 g/mol. The van der Waals surface area contributed by atoms with Crippen LogP contribution in [0.25, 0.3) is 10.2 Å². The van der Waals surface area contributed by atoms with Crippen molar-refractivity contribution in [3.8, 4) is 0 Å². The van der Waals surface area contributed by atoms with Crippen LogP contribution in [-0.2, 0) is 10.9 Å². The molecule has 2 aromatic heterocycles. The van der Waals surface area contributed by atoms with E-state index in [1.54, 1.807) is 4.90 Å². The summed E-state index contributed by atoms with van der Waals surface area (Å²) in [6.07, 6.45) is -4.63. The van der Waals surface area contributed by atoms with Crippen molar-refractivity contribution in [3.05, 3.63) is 52.7 Å². The fourth-order valence-corrected chi connectivity index (χ4v) is 4.51. The Morgan fingerprint density at radius 2 is 1.79 bits per heavy atom. The number of benzene rings is 1. The lowest BCUT2D eigenvalue weighted by molar-refractivity contribution is -0.136. The summed E-state index contributed by atoms with van der Waals surface area (Å²) in [6, 6.07) is 5.88. The summed E-state index contributed by atoms with van der Waals surface area (Å²) in [5.74, 6) is -1.12. The highest BCUT2D eigenvalue weighted by Crippen LogP contribution is 2.40. The van der Waals surface area contributed by atoms with Crippen LogP contribution in [0.3, 0.4) is 0 Å². The summed E-state index contributed by atoms with van der Waals surface area (Å²) < 4.78 is 58.7. The number of nitrogens with one attached hydrogen (secondary N) is 1. The van der Waals surface area contributed by atoms with E-state index in [9.17, 15) is 27.2 Å². The standard InChI is InChI=1S/C21H18F4N4O3S/c1-32-19(30)14-11-33-18-15(21(23,24)25)10-16(27-17(14)18)28-6-8-29(9-7-28)20(31)26-13-4-2-12(22)3-5-13/h2-5,10-11H,6-9H2,1H3,(H,26,31).